The maximum atomic E-state index is 6.01. The molecule has 3 heteroatoms. The second-order valence-electron chi connectivity index (χ2n) is 7.14. The van der Waals surface area contributed by atoms with Crippen molar-refractivity contribution in [2.24, 2.45) is 0 Å². The van der Waals surface area contributed by atoms with Crippen LogP contribution in [-0.4, -0.2) is 18.3 Å². The minimum absolute atomic E-state index is 0.0879. The molecule has 0 N–H and O–H groups in total. The first-order valence-corrected chi connectivity index (χ1v) is 8.30. The molecule has 0 bridgehead atoms. The molecule has 0 spiro atoms. The number of allylic oxidation sites excluding steroid dienone is 2. The molecule has 0 aromatic rings. The molecule has 20 heavy (non-hydrogen) atoms. The zero-order chi connectivity index (χ0) is 15.2. The van der Waals surface area contributed by atoms with Crippen LogP contribution in [-0.2, 0) is 9.31 Å². The first-order valence-electron chi connectivity index (χ1n) is 8.30. The number of hydrogen-bond acceptors (Lipinski definition) is 2. The van der Waals surface area contributed by atoms with E-state index in [1.54, 1.807) is 0 Å². The van der Waals surface area contributed by atoms with Crippen molar-refractivity contribution < 1.29 is 9.31 Å². The minimum atomic E-state index is -0.209. The van der Waals surface area contributed by atoms with Crippen molar-refractivity contribution in [2.45, 2.75) is 97.6 Å². The van der Waals surface area contributed by atoms with Crippen molar-refractivity contribution in [1.82, 2.24) is 0 Å². The van der Waals surface area contributed by atoms with Gasteiger partial charge in [0, 0.05) is 6.32 Å². The van der Waals surface area contributed by atoms with E-state index >= 15 is 0 Å². The Hall–Kier alpha value is -0.275. The maximum absolute atomic E-state index is 6.01. The molecule has 1 rings (SSSR count). The van der Waals surface area contributed by atoms with E-state index in [-0.39, 0.29) is 18.3 Å². The fourth-order valence-electron chi connectivity index (χ4n) is 2.47. The van der Waals surface area contributed by atoms with Crippen LogP contribution in [0.2, 0.25) is 6.32 Å². The van der Waals surface area contributed by atoms with Gasteiger partial charge in [-0.25, -0.2) is 0 Å². The van der Waals surface area contributed by atoms with E-state index < -0.39 is 0 Å². The van der Waals surface area contributed by atoms with E-state index in [1.807, 2.05) is 0 Å². The van der Waals surface area contributed by atoms with E-state index in [1.165, 1.54) is 44.1 Å². The second kappa shape index (κ2) is 7.65. The molecule has 0 aromatic heterocycles. The molecule has 0 amide bonds. The number of hydrogen-bond donors (Lipinski definition) is 0. The third kappa shape index (κ3) is 5.25. The number of rotatable bonds is 8. The number of unbranched alkanes of at least 4 members (excludes halogenated alkanes) is 4. The molecule has 0 saturated carbocycles. The Balaban J connectivity index is 2.27. The van der Waals surface area contributed by atoms with Gasteiger partial charge in [-0.05, 0) is 47.5 Å². The fourth-order valence-corrected chi connectivity index (χ4v) is 2.47. The summed E-state index contributed by atoms with van der Waals surface area (Å²) in [5, 5.41) is 0. The van der Waals surface area contributed by atoms with Gasteiger partial charge < -0.3 is 9.31 Å². The van der Waals surface area contributed by atoms with Crippen molar-refractivity contribution in [3.63, 3.8) is 0 Å². The summed E-state index contributed by atoms with van der Waals surface area (Å²) >= 11 is 0. The van der Waals surface area contributed by atoms with E-state index in [2.05, 4.69) is 47.6 Å². The van der Waals surface area contributed by atoms with Crippen LogP contribution >= 0.6 is 0 Å². The summed E-state index contributed by atoms with van der Waals surface area (Å²) in [4.78, 5) is 0. The smallest absolute Gasteiger partial charge is 0.403 e. The Kier molecular flexibility index (Phi) is 6.80. The molecule has 0 radical (unpaired) electrons. The molecular weight excluding hydrogens is 247 g/mol. The maximum Gasteiger partial charge on any atom is 0.461 e. The molecule has 1 heterocycles. The van der Waals surface area contributed by atoms with E-state index in [9.17, 15) is 0 Å². The summed E-state index contributed by atoms with van der Waals surface area (Å²) in [6.07, 6.45) is 11.1. The van der Waals surface area contributed by atoms with Crippen molar-refractivity contribution in [3.05, 3.63) is 11.6 Å². The Morgan fingerprint density at radius 2 is 1.50 bits per heavy atom. The van der Waals surface area contributed by atoms with Gasteiger partial charge in [-0.2, -0.15) is 0 Å². The van der Waals surface area contributed by atoms with Gasteiger partial charge in [0.2, 0.25) is 0 Å². The van der Waals surface area contributed by atoms with Gasteiger partial charge in [0.05, 0.1) is 11.2 Å². The summed E-state index contributed by atoms with van der Waals surface area (Å²) in [5.74, 6) is 0. The first-order chi connectivity index (χ1) is 9.28. The minimum Gasteiger partial charge on any atom is -0.403 e. The highest BCUT2D eigenvalue weighted by atomic mass is 16.7. The second-order valence-corrected chi connectivity index (χ2v) is 7.14. The summed E-state index contributed by atoms with van der Waals surface area (Å²) < 4.78 is 12.0. The lowest BCUT2D eigenvalue weighted by Gasteiger charge is -2.32. The van der Waals surface area contributed by atoms with E-state index in [0.29, 0.717) is 0 Å². The van der Waals surface area contributed by atoms with Gasteiger partial charge in [-0.3, -0.25) is 0 Å². The molecule has 0 unspecified atom stereocenters. The largest absolute Gasteiger partial charge is 0.461 e. The van der Waals surface area contributed by atoms with Crippen LogP contribution in [0.5, 0.6) is 0 Å². The highest BCUT2D eigenvalue weighted by Crippen LogP contribution is 2.37. The average Bonchev–Trinajstić information content (AvgIpc) is 2.55. The molecule has 1 fully saturated rings. The molecule has 1 saturated heterocycles. The Labute approximate surface area is 126 Å². The predicted molar refractivity (Wildman–Crippen MR) is 88.0 cm³/mol. The van der Waals surface area contributed by atoms with Crippen LogP contribution in [0.25, 0.3) is 0 Å². The Morgan fingerprint density at radius 1 is 0.950 bits per heavy atom. The molecule has 116 valence electrons. The van der Waals surface area contributed by atoms with E-state index in [0.717, 1.165) is 6.32 Å². The molecule has 0 aromatic carbocycles. The molecule has 1 aliphatic heterocycles. The van der Waals surface area contributed by atoms with Crippen molar-refractivity contribution in [3.8, 4) is 0 Å². The SMILES string of the molecule is CCCCCCC/C(C)=C/CB1OC(C)(C)C(C)(C)O1. The van der Waals surface area contributed by atoms with Crippen molar-refractivity contribution >= 4 is 7.12 Å². The lowest BCUT2D eigenvalue weighted by atomic mass is 9.83. The van der Waals surface area contributed by atoms with Crippen LogP contribution in [0, 0.1) is 0 Å². The Morgan fingerprint density at radius 3 is 2.05 bits per heavy atom. The molecule has 0 aliphatic carbocycles. The molecular formula is C17H33BO2. The fraction of sp³-hybridized carbons (Fsp3) is 0.882. The van der Waals surface area contributed by atoms with Gasteiger partial charge in [-0.1, -0.05) is 44.3 Å². The van der Waals surface area contributed by atoms with Crippen LogP contribution in [0.15, 0.2) is 11.6 Å². The quantitative estimate of drug-likeness (QED) is 0.337. The van der Waals surface area contributed by atoms with Crippen molar-refractivity contribution in [2.75, 3.05) is 0 Å². The molecule has 0 atom stereocenters. The van der Waals surface area contributed by atoms with Crippen LogP contribution in [0.4, 0.5) is 0 Å². The summed E-state index contributed by atoms with van der Waals surface area (Å²) in [6, 6.07) is 0. The molecule has 2 nitrogen and oxygen atoms in total. The van der Waals surface area contributed by atoms with Crippen LogP contribution in [0.3, 0.4) is 0 Å². The summed E-state index contributed by atoms with van der Waals surface area (Å²) in [7, 11) is -0.0879. The lowest BCUT2D eigenvalue weighted by molar-refractivity contribution is 0.00578. The third-order valence-corrected chi connectivity index (χ3v) is 4.64. The third-order valence-electron chi connectivity index (χ3n) is 4.64. The van der Waals surface area contributed by atoms with Crippen LogP contribution in [0.1, 0.15) is 80.1 Å². The highest BCUT2D eigenvalue weighted by molar-refractivity contribution is 6.46. The van der Waals surface area contributed by atoms with Crippen molar-refractivity contribution in [1.29, 1.82) is 0 Å². The normalized spacial score (nSPS) is 21.5. The van der Waals surface area contributed by atoms with Crippen LogP contribution < -0.4 is 0 Å². The van der Waals surface area contributed by atoms with Gasteiger partial charge in [0.15, 0.2) is 0 Å². The van der Waals surface area contributed by atoms with Gasteiger partial charge in [0.1, 0.15) is 0 Å². The average molecular weight is 280 g/mol. The van der Waals surface area contributed by atoms with Gasteiger partial charge >= 0.3 is 7.12 Å². The first kappa shape index (κ1) is 17.8. The summed E-state index contributed by atoms with van der Waals surface area (Å²) in [6.45, 7) is 12.9. The predicted octanol–water partition coefficient (Wildman–Crippen LogP) is 5.39. The lowest BCUT2D eigenvalue weighted by Crippen LogP contribution is -2.41. The molecule has 1 aliphatic rings. The standard InChI is InChI=1S/C17H33BO2/c1-7-8-9-10-11-12-15(2)13-14-18-19-16(3,4)17(5,6)20-18/h13H,7-12,14H2,1-6H3/b15-13+. The monoisotopic (exact) mass is 280 g/mol. The zero-order valence-corrected chi connectivity index (χ0v) is 14.4. The van der Waals surface area contributed by atoms with Gasteiger partial charge in [-0.15, -0.1) is 0 Å². The van der Waals surface area contributed by atoms with Gasteiger partial charge in [0.25, 0.3) is 0 Å². The van der Waals surface area contributed by atoms with E-state index in [4.69, 9.17) is 9.31 Å². The highest BCUT2D eigenvalue weighted by Gasteiger charge is 2.50. The summed E-state index contributed by atoms with van der Waals surface area (Å²) in [5.41, 5.74) is 1.05. The zero-order valence-electron chi connectivity index (χ0n) is 14.4. The topological polar surface area (TPSA) is 18.5 Å². The Bertz CT molecular complexity index is 305.